The molecule has 1 fully saturated rings. The highest BCUT2D eigenvalue weighted by molar-refractivity contribution is 6.05. The molecule has 2 aromatic rings. The van der Waals surface area contributed by atoms with Crippen molar-refractivity contribution in [2.24, 2.45) is 0 Å². The molecular formula is C21H20F3NO. The van der Waals surface area contributed by atoms with Crippen LogP contribution in [0.5, 0.6) is 0 Å². The summed E-state index contributed by atoms with van der Waals surface area (Å²) < 4.78 is 38.3. The van der Waals surface area contributed by atoms with Gasteiger partial charge in [0.1, 0.15) is 0 Å². The first-order valence-electron chi connectivity index (χ1n) is 8.43. The van der Waals surface area contributed by atoms with Gasteiger partial charge in [-0.25, -0.2) is 0 Å². The Hall–Kier alpha value is -2.56. The Morgan fingerprint density at radius 3 is 2.23 bits per heavy atom. The van der Waals surface area contributed by atoms with Crippen LogP contribution in [-0.4, -0.2) is 12.8 Å². The first-order chi connectivity index (χ1) is 12.2. The number of hydrogen-bond donors (Lipinski definition) is 0. The highest BCUT2D eigenvalue weighted by Crippen LogP contribution is 2.41. The summed E-state index contributed by atoms with van der Waals surface area (Å²) in [5.74, 6) is -0.0277. The van der Waals surface area contributed by atoms with Crippen molar-refractivity contribution in [1.82, 2.24) is 0 Å². The van der Waals surface area contributed by atoms with Crippen LogP contribution in [0.3, 0.4) is 0 Å². The predicted octanol–water partition coefficient (Wildman–Crippen LogP) is 5.35. The van der Waals surface area contributed by atoms with Crippen LogP contribution in [0.4, 0.5) is 18.9 Å². The fraction of sp³-hybridized carbons (Fsp3) is 0.286. The third-order valence-electron chi connectivity index (χ3n) is 5.05. The van der Waals surface area contributed by atoms with Crippen molar-refractivity contribution in [2.45, 2.75) is 31.4 Å². The molecule has 0 heterocycles. The van der Waals surface area contributed by atoms with Gasteiger partial charge in [-0.1, -0.05) is 30.3 Å². The summed E-state index contributed by atoms with van der Waals surface area (Å²) >= 11 is 0. The van der Waals surface area contributed by atoms with Crippen molar-refractivity contribution >= 4 is 11.5 Å². The zero-order valence-corrected chi connectivity index (χ0v) is 14.7. The number of allylic oxidation sites excluding steroid dienone is 1. The fourth-order valence-electron chi connectivity index (χ4n) is 3.36. The van der Waals surface area contributed by atoms with Crippen LogP contribution >= 0.6 is 0 Å². The van der Waals surface area contributed by atoms with Crippen LogP contribution in [-0.2, 0) is 16.4 Å². The first-order valence-corrected chi connectivity index (χ1v) is 8.43. The smallest absolute Gasteiger partial charge is 0.351 e. The molecule has 0 aromatic heterocycles. The minimum atomic E-state index is -4.37. The Labute approximate surface area is 150 Å². The Morgan fingerprint density at radius 1 is 1.04 bits per heavy atom. The van der Waals surface area contributed by atoms with Gasteiger partial charge in [0, 0.05) is 24.5 Å². The maximum Gasteiger partial charge on any atom is 0.416 e. The quantitative estimate of drug-likeness (QED) is 0.689. The number of carbonyl (C=O) groups excluding carboxylic acids is 1. The predicted molar refractivity (Wildman–Crippen MR) is 96.0 cm³/mol. The van der Waals surface area contributed by atoms with E-state index in [0.717, 1.165) is 17.8 Å². The van der Waals surface area contributed by atoms with Crippen molar-refractivity contribution in [3.05, 3.63) is 77.5 Å². The maximum atomic E-state index is 13.0. The maximum absolute atomic E-state index is 13.0. The molecule has 1 unspecified atom stereocenters. The zero-order valence-electron chi connectivity index (χ0n) is 14.7. The van der Waals surface area contributed by atoms with Crippen LogP contribution < -0.4 is 4.90 Å². The molecule has 1 aliphatic rings. The number of nitrogens with zero attached hydrogens (tertiary/aromatic N) is 1. The minimum Gasteiger partial charge on any atom is -0.351 e. The molecule has 26 heavy (non-hydrogen) atoms. The van der Waals surface area contributed by atoms with Gasteiger partial charge in [0.15, 0.2) is 5.78 Å². The molecule has 0 saturated heterocycles. The summed E-state index contributed by atoms with van der Waals surface area (Å²) in [6.07, 6.45) is -1.35. The number of carbonyl (C=O) groups is 1. The van der Waals surface area contributed by atoms with Crippen molar-refractivity contribution in [3.63, 3.8) is 0 Å². The molecule has 0 N–H and O–H groups in total. The Bertz CT molecular complexity index is 825. The third kappa shape index (κ3) is 3.39. The van der Waals surface area contributed by atoms with Crippen LogP contribution in [0.25, 0.3) is 0 Å². The van der Waals surface area contributed by atoms with E-state index in [0.29, 0.717) is 24.0 Å². The lowest BCUT2D eigenvalue weighted by atomic mass is 9.79. The number of benzene rings is 2. The first kappa shape index (κ1) is 18.2. The number of hydrogen-bond acceptors (Lipinski definition) is 2. The topological polar surface area (TPSA) is 20.3 Å². The Balaban J connectivity index is 1.84. The number of para-hydroxylation sites is 1. The van der Waals surface area contributed by atoms with E-state index in [-0.39, 0.29) is 5.78 Å². The van der Waals surface area contributed by atoms with Gasteiger partial charge in [0.05, 0.1) is 11.0 Å². The molecule has 2 aromatic carbocycles. The van der Waals surface area contributed by atoms with E-state index in [1.54, 1.807) is 6.92 Å². The van der Waals surface area contributed by atoms with E-state index in [4.69, 9.17) is 0 Å². The second kappa shape index (κ2) is 6.63. The van der Waals surface area contributed by atoms with Gasteiger partial charge in [-0.05, 0) is 49.6 Å². The molecule has 136 valence electrons. The Kier molecular flexibility index (Phi) is 4.65. The highest BCUT2D eigenvalue weighted by Gasteiger charge is 2.42. The van der Waals surface area contributed by atoms with Gasteiger partial charge in [0.25, 0.3) is 0 Å². The molecular weight excluding hydrogens is 339 g/mol. The largest absolute Gasteiger partial charge is 0.416 e. The highest BCUT2D eigenvalue weighted by atomic mass is 19.4. The van der Waals surface area contributed by atoms with Crippen LogP contribution in [0.15, 0.2) is 66.4 Å². The van der Waals surface area contributed by atoms with Crippen LogP contribution in [0.1, 0.15) is 30.9 Å². The van der Waals surface area contributed by atoms with E-state index in [2.05, 4.69) is 0 Å². The van der Waals surface area contributed by atoms with E-state index >= 15 is 0 Å². The summed E-state index contributed by atoms with van der Waals surface area (Å²) in [6.45, 7) is 1.81. The van der Waals surface area contributed by atoms with Crippen molar-refractivity contribution < 1.29 is 18.0 Å². The molecule has 0 amide bonds. The van der Waals surface area contributed by atoms with Gasteiger partial charge >= 0.3 is 6.18 Å². The molecule has 0 spiro atoms. The van der Waals surface area contributed by atoms with Gasteiger partial charge < -0.3 is 4.90 Å². The lowest BCUT2D eigenvalue weighted by Gasteiger charge is -2.23. The lowest BCUT2D eigenvalue weighted by Crippen LogP contribution is -2.28. The van der Waals surface area contributed by atoms with Crippen molar-refractivity contribution in [3.8, 4) is 0 Å². The summed E-state index contributed by atoms with van der Waals surface area (Å²) in [7, 11) is 1.88. The van der Waals surface area contributed by atoms with E-state index in [1.165, 1.54) is 12.1 Å². The normalized spacial score (nSPS) is 22.0. The second-order valence-electron chi connectivity index (χ2n) is 6.84. The number of rotatable bonds is 3. The molecule has 0 aliphatic heterocycles. The summed E-state index contributed by atoms with van der Waals surface area (Å²) in [5.41, 5.74) is 0.804. The molecule has 1 saturated carbocycles. The number of ketones is 1. The molecule has 0 bridgehead atoms. The standard InChI is InChI=1S/C21H20F3NO/c1-20(16-8-10-17(11-9-16)21(22,23)24)13-12-15(19(20)26)14-25(2)18-6-4-3-5-7-18/h3-11,14H,12-13H2,1-2H3. The van der Waals surface area contributed by atoms with E-state index in [1.807, 2.05) is 48.5 Å². The lowest BCUT2D eigenvalue weighted by molar-refractivity contribution is -0.137. The summed E-state index contributed by atoms with van der Waals surface area (Å²) in [4.78, 5) is 14.9. The zero-order chi connectivity index (χ0) is 18.9. The Morgan fingerprint density at radius 2 is 1.65 bits per heavy atom. The van der Waals surface area contributed by atoms with E-state index in [9.17, 15) is 18.0 Å². The molecule has 1 atom stereocenters. The van der Waals surface area contributed by atoms with Gasteiger partial charge in [-0.15, -0.1) is 0 Å². The molecule has 3 rings (SSSR count). The van der Waals surface area contributed by atoms with E-state index < -0.39 is 17.2 Å². The molecule has 0 radical (unpaired) electrons. The molecule has 2 nitrogen and oxygen atoms in total. The number of alkyl halides is 3. The van der Waals surface area contributed by atoms with Gasteiger partial charge in [0.2, 0.25) is 0 Å². The number of anilines is 1. The SMILES string of the molecule is CN(C=C1CCC(C)(c2ccc(C(F)(F)F)cc2)C1=O)c1ccccc1. The fourth-order valence-corrected chi connectivity index (χ4v) is 3.36. The summed E-state index contributed by atoms with van der Waals surface area (Å²) in [6, 6.07) is 14.6. The van der Waals surface area contributed by atoms with Crippen LogP contribution in [0.2, 0.25) is 0 Å². The third-order valence-corrected chi connectivity index (χ3v) is 5.05. The number of halogens is 3. The molecule has 5 heteroatoms. The van der Waals surface area contributed by atoms with Crippen molar-refractivity contribution in [2.75, 3.05) is 11.9 Å². The van der Waals surface area contributed by atoms with Gasteiger partial charge in [-0.3, -0.25) is 4.79 Å². The average Bonchev–Trinajstić information content (AvgIpc) is 2.91. The number of Topliss-reactive ketones (excluding diaryl/α,β-unsaturated/α-hetero) is 1. The summed E-state index contributed by atoms with van der Waals surface area (Å²) in [5, 5.41) is 0. The average molecular weight is 359 g/mol. The minimum absolute atomic E-state index is 0.0277. The van der Waals surface area contributed by atoms with Gasteiger partial charge in [-0.2, -0.15) is 13.2 Å². The molecule has 1 aliphatic carbocycles. The second-order valence-corrected chi connectivity index (χ2v) is 6.84. The van der Waals surface area contributed by atoms with Crippen molar-refractivity contribution in [1.29, 1.82) is 0 Å². The monoisotopic (exact) mass is 359 g/mol. The van der Waals surface area contributed by atoms with Crippen LogP contribution in [0, 0.1) is 0 Å².